The van der Waals surface area contributed by atoms with Crippen LogP contribution in [0.4, 0.5) is 13.2 Å². The van der Waals surface area contributed by atoms with Crippen LogP contribution in [0.2, 0.25) is 0 Å². The molecule has 0 amide bonds. The fraction of sp³-hybridized carbons (Fsp3) is 0.500. The van der Waals surface area contributed by atoms with E-state index >= 15 is 0 Å². The van der Waals surface area contributed by atoms with Gasteiger partial charge in [0.25, 0.3) is 0 Å². The topological polar surface area (TPSA) is 32.3 Å². The molecule has 18 heavy (non-hydrogen) atoms. The van der Waals surface area contributed by atoms with Gasteiger partial charge in [-0.05, 0) is 36.6 Å². The van der Waals surface area contributed by atoms with Crippen molar-refractivity contribution < 1.29 is 18.3 Å². The maximum Gasteiger partial charge on any atom is 0.418 e. The number of halogens is 4. The van der Waals surface area contributed by atoms with E-state index in [2.05, 4.69) is 5.32 Å². The summed E-state index contributed by atoms with van der Waals surface area (Å²) in [4.78, 5) is 0. The molecule has 0 aliphatic carbocycles. The second-order valence-corrected chi connectivity index (χ2v) is 4.28. The minimum Gasteiger partial charge on any atom is -0.379 e. The van der Waals surface area contributed by atoms with Crippen LogP contribution in [-0.4, -0.2) is 17.8 Å². The highest BCUT2D eigenvalue weighted by Crippen LogP contribution is 2.37. The molecule has 0 saturated heterocycles. The van der Waals surface area contributed by atoms with Crippen molar-refractivity contribution in [2.75, 3.05) is 6.54 Å². The van der Waals surface area contributed by atoms with E-state index in [0.29, 0.717) is 18.5 Å². The summed E-state index contributed by atoms with van der Waals surface area (Å²) >= 11 is 0. The predicted octanol–water partition coefficient (Wildman–Crippen LogP) is 2.91. The second kappa shape index (κ2) is 5.47. The number of hydrogen-bond donors (Lipinski definition) is 2. The molecule has 6 heteroatoms. The Balaban J connectivity index is 0.00000162. The molecule has 102 valence electrons. The molecule has 1 heterocycles. The Kier molecular flexibility index (Phi) is 4.64. The summed E-state index contributed by atoms with van der Waals surface area (Å²) < 4.78 is 37.6. The van der Waals surface area contributed by atoms with Crippen molar-refractivity contribution in [2.24, 2.45) is 0 Å². The molecule has 2 atom stereocenters. The largest absolute Gasteiger partial charge is 0.418 e. The van der Waals surface area contributed by atoms with Crippen molar-refractivity contribution in [3.8, 4) is 0 Å². The summed E-state index contributed by atoms with van der Waals surface area (Å²) in [6.07, 6.45) is -6.48. The highest BCUT2D eigenvalue weighted by Gasteiger charge is 2.41. The van der Waals surface area contributed by atoms with E-state index < -0.39 is 12.3 Å². The summed E-state index contributed by atoms with van der Waals surface area (Å²) in [6.45, 7) is 2.54. The van der Waals surface area contributed by atoms with Gasteiger partial charge in [0.2, 0.25) is 0 Å². The van der Waals surface area contributed by atoms with E-state index in [1.54, 1.807) is 12.1 Å². The molecule has 0 saturated carbocycles. The molecule has 0 fully saturated rings. The monoisotopic (exact) mass is 281 g/mol. The zero-order chi connectivity index (χ0) is 12.6. The summed E-state index contributed by atoms with van der Waals surface area (Å²) in [7, 11) is 0. The molecule has 0 aromatic heterocycles. The third-order valence-electron chi connectivity index (χ3n) is 3.15. The number of alkyl halides is 3. The molecule has 2 nitrogen and oxygen atoms in total. The van der Waals surface area contributed by atoms with Crippen LogP contribution in [0, 0.1) is 0 Å². The fourth-order valence-corrected chi connectivity index (χ4v) is 2.27. The highest BCUT2D eigenvalue weighted by molar-refractivity contribution is 5.85. The molecule has 2 rings (SSSR count). The predicted molar refractivity (Wildman–Crippen MR) is 64.8 cm³/mol. The van der Waals surface area contributed by atoms with Gasteiger partial charge in [-0.3, -0.25) is 0 Å². The lowest BCUT2D eigenvalue weighted by atomic mass is 9.89. The molecule has 1 aromatic carbocycles. The lowest BCUT2D eigenvalue weighted by molar-refractivity contribution is -0.207. The molecule has 0 unspecified atom stereocenters. The Morgan fingerprint density at radius 2 is 2.06 bits per heavy atom. The minimum absolute atomic E-state index is 0. The number of fused-ring (bicyclic) bond motifs is 1. The van der Waals surface area contributed by atoms with E-state index in [9.17, 15) is 18.3 Å². The van der Waals surface area contributed by atoms with Crippen LogP contribution in [0.3, 0.4) is 0 Å². The van der Waals surface area contributed by atoms with Gasteiger partial charge in [0, 0.05) is 6.04 Å². The quantitative estimate of drug-likeness (QED) is 0.830. The van der Waals surface area contributed by atoms with E-state index in [-0.39, 0.29) is 24.0 Å². The highest BCUT2D eigenvalue weighted by atomic mass is 35.5. The number of aliphatic hydroxyl groups excluding tert-OH is 1. The average Bonchev–Trinajstić information content (AvgIpc) is 2.27. The van der Waals surface area contributed by atoms with E-state index in [4.69, 9.17) is 0 Å². The SMILES string of the molecule is C[C@@H]1NCCc2c1cccc2[C@@H](O)C(F)(F)F.Cl. The normalized spacial score (nSPS) is 20.8. The third kappa shape index (κ3) is 2.79. The van der Waals surface area contributed by atoms with Crippen molar-refractivity contribution >= 4 is 12.4 Å². The van der Waals surface area contributed by atoms with Gasteiger partial charge in [-0.25, -0.2) is 0 Å². The van der Waals surface area contributed by atoms with Crippen LogP contribution >= 0.6 is 12.4 Å². The summed E-state index contributed by atoms with van der Waals surface area (Å²) in [6, 6.07) is 4.75. The van der Waals surface area contributed by atoms with Crippen LogP contribution in [0.1, 0.15) is 35.8 Å². The molecule has 1 aliphatic rings. The van der Waals surface area contributed by atoms with Gasteiger partial charge < -0.3 is 10.4 Å². The summed E-state index contributed by atoms with van der Waals surface area (Å²) in [5.74, 6) is 0. The molecule has 0 bridgehead atoms. The number of rotatable bonds is 1. The third-order valence-corrected chi connectivity index (χ3v) is 3.15. The molecule has 1 aromatic rings. The zero-order valence-electron chi connectivity index (χ0n) is 9.79. The first-order valence-electron chi connectivity index (χ1n) is 5.51. The van der Waals surface area contributed by atoms with Crippen LogP contribution in [-0.2, 0) is 6.42 Å². The minimum atomic E-state index is -4.61. The molecular weight excluding hydrogens is 267 g/mol. The molecule has 2 N–H and O–H groups in total. The van der Waals surface area contributed by atoms with Crippen LogP contribution in [0.5, 0.6) is 0 Å². The summed E-state index contributed by atoms with van der Waals surface area (Å²) in [5.41, 5.74) is 1.46. The maximum atomic E-state index is 12.5. The van der Waals surface area contributed by atoms with Gasteiger partial charge in [0.05, 0.1) is 0 Å². The average molecular weight is 282 g/mol. The van der Waals surface area contributed by atoms with Gasteiger partial charge in [-0.1, -0.05) is 18.2 Å². The second-order valence-electron chi connectivity index (χ2n) is 4.28. The number of nitrogens with one attached hydrogen (secondary N) is 1. The van der Waals surface area contributed by atoms with Gasteiger partial charge >= 0.3 is 6.18 Å². The van der Waals surface area contributed by atoms with E-state index in [1.165, 1.54) is 6.07 Å². The van der Waals surface area contributed by atoms with Gasteiger partial charge in [-0.15, -0.1) is 12.4 Å². The first-order valence-corrected chi connectivity index (χ1v) is 5.51. The van der Waals surface area contributed by atoms with E-state index in [0.717, 1.165) is 5.56 Å². The Morgan fingerprint density at radius 1 is 1.39 bits per heavy atom. The Morgan fingerprint density at radius 3 is 2.67 bits per heavy atom. The molecular formula is C12H15ClF3NO. The maximum absolute atomic E-state index is 12.5. The van der Waals surface area contributed by atoms with Crippen LogP contribution in [0.15, 0.2) is 18.2 Å². The zero-order valence-corrected chi connectivity index (χ0v) is 10.6. The van der Waals surface area contributed by atoms with Gasteiger partial charge in [0.1, 0.15) is 0 Å². The molecule has 0 spiro atoms. The van der Waals surface area contributed by atoms with Gasteiger partial charge in [-0.2, -0.15) is 13.2 Å². The number of aliphatic hydroxyl groups is 1. The number of benzene rings is 1. The smallest absolute Gasteiger partial charge is 0.379 e. The standard InChI is InChI=1S/C12H14F3NO.ClH/c1-7-8-3-2-4-10(9(8)5-6-16-7)11(17)12(13,14)15;/h2-4,7,11,16-17H,5-6H2,1H3;1H/t7-,11+;/m0./s1. The lowest BCUT2D eigenvalue weighted by Gasteiger charge is -2.28. The van der Waals surface area contributed by atoms with Crippen molar-refractivity contribution in [3.05, 3.63) is 34.9 Å². The van der Waals surface area contributed by atoms with Crippen LogP contribution < -0.4 is 5.32 Å². The van der Waals surface area contributed by atoms with Crippen molar-refractivity contribution in [2.45, 2.75) is 31.7 Å². The first-order chi connectivity index (χ1) is 7.91. The Hall–Kier alpha value is -0.780. The number of hydrogen-bond acceptors (Lipinski definition) is 2. The Labute approximate surface area is 110 Å². The lowest BCUT2D eigenvalue weighted by Crippen LogP contribution is -2.30. The van der Waals surface area contributed by atoms with Gasteiger partial charge in [0.15, 0.2) is 6.10 Å². The first kappa shape index (κ1) is 15.3. The van der Waals surface area contributed by atoms with Crippen molar-refractivity contribution in [1.82, 2.24) is 5.32 Å². The van der Waals surface area contributed by atoms with E-state index in [1.807, 2.05) is 6.92 Å². The Bertz CT molecular complexity index is 422. The molecule has 1 aliphatic heterocycles. The fourth-order valence-electron chi connectivity index (χ4n) is 2.27. The van der Waals surface area contributed by atoms with Crippen molar-refractivity contribution in [3.63, 3.8) is 0 Å². The summed E-state index contributed by atoms with van der Waals surface area (Å²) in [5, 5.41) is 12.5. The van der Waals surface area contributed by atoms with Crippen molar-refractivity contribution in [1.29, 1.82) is 0 Å². The van der Waals surface area contributed by atoms with Crippen LogP contribution in [0.25, 0.3) is 0 Å². The molecule has 0 radical (unpaired) electrons.